The van der Waals surface area contributed by atoms with Crippen molar-refractivity contribution >= 4 is 17.5 Å². The standard InChI is InChI=1S/C32H45NO4/c1-27(2)23-9-10-32(7)24(30(23,5)16-19(18-33)25(27)35)22(34)15-20-21-17-29(4,26(36)37-8)12-11-28(21,3)13-14-31(20,32)6/h15,19,21,23-24H,9-14,16-17H2,1-8H3/t19-,21-,23-,24+,28+,29+,30-,31+,32+/m0/s1. The largest absolute Gasteiger partial charge is 0.469 e. The van der Waals surface area contributed by atoms with Gasteiger partial charge in [0.2, 0.25) is 0 Å². The summed E-state index contributed by atoms with van der Waals surface area (Å²) in [5, 5.41) is 9.93. The van der Waals surface area contributed by atoms with E-state index in [1.807, 2.05) is 26.8 Å². The second-order valence-corrected chi connectivity index (χ2v) is 15.2. The van der Waals surface area contributed by atoms with Crippen molar-refractivity contribution in [3.63, 3.8) is 0 Å². The Balaban J connectivity index is 1.63. The van der Waals surface area contributed by atoms with Crippen molar-refractivity contribution in [1.82, 2.24) is 0 Å². The minimum atomic E-state index is -0.654. The summed E-state index contributed by atoms with van der Waals surface area (Å²) in [6.45, 7) is 15.3. The van der Waals surface area contributed by atoms with Crippen molar-refractivity contribution in [2.75, 3.05) is 7.11 Å². The van der Waals surface area contributed by atoms with E-state index in [1.54, 1.807) is 0 Å². The molecule has 0 bridgehead atoms. The van der Waals surface area contributed by atoms with Gasteiger partial charge in [-0.25, -0.2) is 0 Å². The third kappa shape index (κ3) is 3.17. The molecule has 0 aromatic carbocycles. The SMILES string of the molecule is COC(=O)[C@]1(C)CC[C@]2(C)CC[C@]3(C)C(=CC(=O)[C@@H]4[C@@]5(C)C[C@@H](C#N)C(=O)C(C)(C)[C@@H]5CC[C@]43C)[C@@H]2C1. The van der Waals surface area contributed by atoms with E-state index < -0.39 is 22.2 Å². The van der Waals surface area contributed by atoms with Gasteiger partial charge in [-0.2, -0.15) is 5.26 Å². The Kier molecular flexibility index (Phi) is 5.61. The lowest BCUT2D eigenvalue weighted by atomic mass is 9.33. The van der Waals surface area contributed by atoms with Crippen LogP contribution in [0.25, 0.3) is 0 Å². The number of methoxy groups -OCH3 is 1. The number of fused-ring (bicyclic) bond motifs is 7. The molecule has 0 aromatic rings. The van der Waals surface area contributed by atoms with Crippen molar-refractivity contribution in [2.45, 2.75) is 99.8 Å². The van der Waals surface area contributed by atoms with Gasteiger partial charge in [0.05, 0.1) is 18.6 Å². The van der Waals surface area contributed by atoms with Crippen LogP contribution in [-0.2, 0) is 19.1 Å². The first kappa shape index (κ1) is 26.6. The second-order valence-electron chi connectivity index (χ2n) is 15.2. The van der Waals surface area contributed by atoms with Crippen LogP contribution in [0.4, 0.5) is 0 Å². The Morgan fingerprint density at radius 2 is 1.62 bits per heavy atom. The van der Waals surface area contributed by atoms with E-state index in [4.69, 9.17) is 4.74 Å². The van der Waals surface area contributed by atoms with Crippen LogP contribution in [0.15, 0.2) is 11.6 Å². The number of nitrogens with zero attached hydrogens (tertiary/aromatic N) is 1. The van der Waals surface area contributed by atoms with E-state index in [-0.39, 0.29) is 51.5 Å². The molecule has 5 aliphatic carbocycles. The lowest BCUT2D eigenvalue weighted by Gasteiger charge is -2.70. The summed E-state index contributed by atoms with van der Waals surface area (Å²) in [4.78, 5) is 40.5. The van der Waals surface area contributed by atoms with E-state index in [9.17, 15) is 19.6 Å². The van der Waals surface area contributed by atoms with Crippen LogP contribution in [0, 0.1) is 67.5 Å². The van der Waals surface area contributed by atoms with Gasteiger partial charge in [0.1, 0.15) is 5.92 Å². The van der Waals surface area contributed by atoms with Crippen molar-refractivity contribution in [2.24, 2.45) is 56.2 Å². The third-order valence-electron chi connectivity index (χ3n) is 13.1. The molecular formula is C32H45NO4. The lowest BCUT2D eigenvalue weighted by Crippen LogP contribution is -2.67. The maximum Gasteiger partial charge on any atom is 0.311 e. The summed E-state index contributed by atoms with van der Waals surface area (Å²) in [6, 6.07) is 2.30. The quantitative estimate of drug-likeness (QED) is 0.380. The Morgan fingerprint density at radius 3 is 2.24 bits per heavy atom. The average Bonchev–Trinajstić information content (AvgIpc) is 2.83. The molecule has 0 aromatic heterocycles. The van der Waals surface area contributed by atoms with Crippen molar-refractivity contribution in [3.05, 3.63) is 11.6 Å². The normalized spacial score (nSPS) is 50.4. The maximum atomic E-state index is 14.4. The number of hydrogen-bond donors (Lipinski definition) is 0. The van der Waals surface area contributed by atoms with Crippen LogP contribution < -0.4 is 0 Å². The van der Waals surface area contributed by atoms with E-state index >= 15 is 0 Å². The molecule has 4 fully saturated rings. The zero-order valence-corrected chi connectivity index (χ0v) is 24.1. The van der Waals surface area contributed by atoms with Gasteiger partial charge in [-0.3, -0.25) is 14.4 Å². The van der Waals surface area contributed by atoms with E-state index in [1.165, 1.54) is 12.7 Å². The van der Waals surface area contributed by atoms with Gasteiger partial charge >= 0.3 is 5.97 Å². The summed E-state index contributed by atoms with van der Waals surface area (Å²) < 4.78 is 5.24. The predicted molar refractivity (Wildman–Crippen MR) is 141 cm³/mol. The van der Waals surface area contributed by atoms with Gasteiger partial charge in [0, 0.05) is 11.3 Å². The van der Waals surface area contributed by atoms with Crippen LogP contribution in [-0.4, -0.2) is 24.6 Å². The number of nitriles is 1. The topological polar surface area (TPSA) is 84.2 Å². The molecule has 5 heteroatoms. The first-order valence-electron chi connectivity index (χ1n) is 14.3. The van der Waals surface area contributed by atoms with Crippen LogP contribution in [0.2, 0.25) is 0 Å². The number of allylic oxidation sites excluding steroid dienone is 2. The molecule has 0 heterocycles. The molecule has 202 valence electrons. The fraction of sp³-hybridized carbons (Fsp3) is 0.812. The van der Waals surface area contributed by atoms with E-state index in [2.05, 4.69) is 33.8 Å². The number of rotatable bonds is 1. The summed E-state index contributed by atoms with van der Waals surface area (Å²) in [5.74, 6) is -0.521. The number of carbonyl (C=O) groups excluding carboxylic acids is 3. The Hall–Kier alpha value is -1.96. The molecular weight excluding hydrogens is 462 g/mol. The van der Waals surface area contributed by atoms with Gasteiger partial charge in [-0.05, 0) is 97.9 Å². The number of hydrogen-bond acceptors (Lipinski definition) is 5. The molecule has 0 aliphatic heterocycles. The molecule has 37 heavy (non-hydrogen) atoms. The van der Waals surface area contributed by atoms with Gasteiger partial charge in [0.25, 0.3) is 0 Å². The zero-order chi connectivity index (χ0) is 27.4. The summed E-state index contributed by atoms with van der Waals surface area (Å²) >= 11 is 0. The van der Waals surface area contributed by atoms with Crippen molar-refractivity contribution in [3.8, 4) is 6.07 Å². The molecule has 9 atom stereocenters. The van der Waals surface area contributed by atoms with Gasteiger partial charge in [0.15, 0.2) is 11.6 Å². The Morgan fingerprint density at radius 1 is 0.973 bits per heavy atom. The van der Waals surface area contributed by atoms with Gasteiger partial charge in [-0.1, -0.05) is 47.1 Å². The highest BCUT2D eigenvalue weighted by molar-refractivity contribution is 5.97. The Labute approximate surface area is 222 Å². The fourth-order valence-electron chi connectivity index (χ4n) is 10.7. The molecule has 5 nitrogen and oxygen atoms in total. The predicted octanol–water partition coefficient (Wildman–Crippen LogP) is 6.46. The van der Waals surface area contributed by atoms with Crippen LogP contribution in [0.5, 0.6) is 0 Å². The second kappa shape index (κ2) is 7.80. The molecule has 0 saturated heterocycles. The van der Waals surface area contributed by atoms with E-state index in [0.29, 0.717) is 6.42 Å². The van der Waals surface area contributed by atoms with Crippen LogP contribution in [0.3, 0.4) is 0 Å². The molecule has 0 unspecified atom stereocenters. The number of carbonyl (C=O) groups is 3. The van der Waals surface area contributed by atoms with Gasteiger partial charge in [-0.15, -0.1) is 0 Å². The Bertz CT molecular complexity index is 1150. The molecule has 4 saturated carbocycles. The highest BCUT2D eigenvalue weighted by Gasteiger charge is 2.71. The minimum absolute atomic E-state index is 0.0458. The molecule has 5 aliphatic rings. The van der Waals surface area contributed by atoms with E-state index in [0.717, 1.165) is 44.9 Å². The average molecular weight is 508 g/mol. The maximum absolute atomic E-state index is 14.4. The highest BCUT2D eigenvalue weighted by Crippen LogP contribution is 2.75. The monoisotopic (exact) mass is 507 g/mol. The third-order valence-corrected chi connectivity index (χ3v) is 13.1. The first-order valence-corrected chi connectivity index (χ1v) is 14.3. The number of ether oxygens (including phenoxy) is 1. The zero-order valence-electron chi connectivity index (χ0n) is 24.1. The molecule has 0 radical (unpaired) electrons. The molecule has 0 N–H and O–H groups in total. The smallest absolute Gasteiger partial charge is 0.311 e. The number of esters is 1. The highest BCUT2D eigenvalue weighted by atomic mass is 16.5. The lowest BCUT2D eigenvalue weighted by molar-refractivity contribution is -0.191. The van der Waals surface area contributed by atoms with Crippen molar-refractivity contribution < 1.29 is 19.1 Å². The summed E-state index contributed by atoms with van der Waals surface area (Å²) in [7, 11) is 1.48. The van der Waals surface area contributed by atoms with Crippen LogP contribution in [0.1, 0.15) is 99.8 Å². The van der Waals surface area contributed by atoms with Crippen molar-refractivity contribution in [1.29, 1.82) is 5.26 Å². The molecule has 0 spiro atoms. The minimum Gasteiger partial charge on any atom is -0.469 e. The molecule has 0 amide bonds. The fourth-order valence-corrected chi connectivity index (χ4v) is 10.7. The number of ketones is 2. The molecule has 5 rings (SSSR count). The first-order chi connectivity index (χ1) is 17.0. The number of Topliss-reactive ketones (excluding diaryl/α,β-unsaturated/α-hetero) is 1. The van der Waals surface area contributed by atoms with Gasteiger partial charge < -0.3 is 4.74 Å². The summed E-state index contributed by atoms with van der Waals surface area (Å²) in [5.41, 5.74) is -0.630. The van der Waals surface area contributed by atoms with Crippen LogP contribution >= 0.6 is 0 Å². The summed E-state index contributed by atoms with van der Waals surface area (Å²) in [6.07, 6.45) is 8.90.